The van der Waals surface area contributed by atoms with Gasteiger partial charge in [0, 0.05) is 18.3 Å². The van der Waals surface area contributed by atoms with E-state index in [9.17, 15) is 0 Å². The lowest BCUT2D eigenvalue weighted by Gasteiger charge is -2.32. The Morgan fingerprint density at radius 3 is 2.20 bits per heavy atom. The molecule has 2 rings (SSSR count). The highest BCUT2D eigenvalue weighted by molar-refractivity contribution is 6.62. The minimum Gasteiger partial charge on any atom is -0.399 e. The third-order valence-corrected chi connectivity index (χ3v) is 4.13. The summed E-state index contributed by atoms with van der Waals surface area (Å²) >= 11 is 0. The number of benzene rings is 1. The standard InChI is InChI=1S/C14H22BN3O2/c1-13(2)14(3,4)20-15(19-13)9-6-7-11(18-5)10(8-9)12(16)17/h6-8,18H,1-5H3,(H3,16,17). The van der Waals surface area contributed by atoms with Crippen molar-refractivity contribution < 1.29 is 9.31 Å². The SMILES string of the molecule is CNc1ccc(B2OC(C)(C)C(C)(C)O2)cc1C(=N)N. The van der Waals surface area contributed by atoms with E-state index in [1.165, 1.54) is 0 Å². The number of nitrogens with two attached hydrogens (primary N) is 1. The molecular weight excluding hydrogens is 253 g/mol. The van der Waals surface area contributed by atoms with Crippen LogP contribution in [0.5, 0.6) is 0 Å². The molecule has 0 aromatic heterocycles. The van der Waals surface area contributed by atoms with E-state index < -0.39 is 7.12 Å². The average Bonchev–Trinajstić information content (AvgIpc) is 2.57. The van der Waals surface area contributed by atoms with Crippen molar-refractivity contribution in [3.63, 3.8) is 0 Å². The average molecular weight is 275 g/mol. The largest absolute Gasteiger partial charge is 0.494 e. The number of anilines is 1. The summed E-state index contributed by atoms with van der Waals surface area (Å²) in [6, 6.07) is 5.66. The molecular formula is C14H22BN3O2. The van der Waals surface area contributed by atoms with Gasteiger partial charge >= 0.3 is 7.12 Å². The molecule has 20 heavy (non-hydrogen) atoms. The van der Waals surface area contributed by atoms with Gasteiger partial charge in [0.25, 0.3) is 0 Å². The fourth-order valence-electron chi connectivity index (χ4n) is 2.13. The lowest BCUT2D eigenvalue weighted by atomic mass is 9.78. The van der Waals surface area contributed by atoms with Crippen LogP contribution in [0.2, 0.25) is 0 Å². The van der Waals surface area contributed by atoms with Gasteiger partial charge < -0.3 is 20.4 Å². The van der Waals surface area contributed by atoms with E-state index in [2.05, 4.69) is 5.32 Å². The molecule has 0 radical (unpaired) electrons. The first-order chi connectivity index (χ1) is 9.18. The molecule has 0 amide bonds. The van der Waals surface area contributed by atoms with Crippen molar-refractivity contribution in [1.82, 2.24) is 0 Å². The third-order valence-electron chi connectivity index (χ3n) is 4.13. The van der Waals surface area contributed by atoms with Gasteiger partial charge in [0.15, 0.2) is 0 Å². The second kappa shape index (κ2) is 4.79. The Hall–Kier alpha value is -1.53. The molecule has 0 bridgehead atoms. The molecule has 108 valence electrons. The molecule has 0 atom stereocenters. The summed E-state index contributed by atoms with van der Waals surface area (Å²) in [4.78, 5) is 0. The van der Waals surface area contributed by atoms with Crippen LogP contribution in [0.4, 0.5) is 5.69 Å². The zero-order valence-electron chi connectivity index (χ0n) is 12.7. The van der Waals surface area contributed by atoms with Gasteiger partial charge in [-0.1, -0.05) is 6.07 Å². The predicted octanol–water partition coefficient (Wildman–Crippen LogP) is 1.31. The summed E-state index contributed by atoms with van der Waals surface area (Å²) in [7, 11) is 1.36. The van der Waals surface area contributed by atoms with Crippen LogP contribution >= 0.6 is 0 Å². The highest BCUT2D eigenvalue weighted by Crippen LogP contribution is 2.36. The Kier molecular flexibility index (Phi) is 3.56. The van der Waals surface area contributed by atoms with E-state index in [0.717, 1.165) is 11.2 Å². The summed E-state index contributed by atoms with van der Waals surface area (Å²) in [5, 5.41) is 10.7. The van der Waals surface area contributed by atoms with Gasteiger partial charge in [0.1, 0.15) is 5.84 Å². The Balaban J connectivity index is 2.36. The molecule has 0 saturated carbocycles. The van der Waals surface area contributed by atoms with Crippen LogP contribution in [-0.4, -0.2) is 31.2 Å². The summed E-state index contributed by atoms with van der Waals surface area (Å²) in [5.74, 6) is 0.0210. The Morgan fingerprint density at radius 2 is 1.75 bits per heavy atom. The maximum atomic E-state index is 7.66. The van der Waals surface area contributed by atoms with Crippen molar-refractivity contribution in [3.05, 3.63) is 23.8 Å². The number of rotatable bonds is 3. The molecule has 1 fully saturated rings. The third kappa shape index (κ3) is 2.41. The van der Waals surface area contributed by atoms with E-state index in [-0.39, 0.29) is 17.0 Å². The zero-order chi connectivity index (χ0) is 15.1. The quantitative estimate of drug-likeness (QED) is 0.441. The minimum absolute atomic E-state index is 0.0210. The van der Waals surface area contributed by atoms with Crippen molar-refractivity contribution >= 4 is 24.1 Å². The van der Waals surface area contributed by atoms with Gasteiger partial charge in [-0.05, 0) is 45.3 Å². The van der Waals surface area contributed by atoms with Crippen LogP contribution < -0.4 is 16.5 Å². The molecule has 1 saturated heterocycles. The molecule has 1 aliphatic rings. The number of nitrogen functional groups attached to an aromatic ring is 1. The summed E-state index contributed by atoms with van der Waals surface area (Å²) in [5.41, 5.74) is 7.21. The highest BCUT2D eigenvalue weighted by atomic mass is 16.7. The molecule has 1 aromatic carbocycles. The van der Waals surface area contributed by atoms with Gasteiger partial charge in [-0.3, -0.25) is 5.41 Å². The highest BCUT2D eigenvalue weighted by Gasteiger charge is 2.51. The van der Waals surface area contributed by atoms with E-state index in [1.54, 1.807) is 7.05 Å². The second-order valence-electron chi connectivity index (χ2n) is 6.06. The van der Waals surface area contributed by atoms with Crippen LogP contribution in [0.3, 0.4) is 0 Å². The molecule has 1 aromatic rings. The second-order valence-corrected chi connectivity index (χ2v) is 6.06. The molecule has 0 spiro atoms. The van der Waals surface area contributed by atoms with Crippen molar-refractivity contribution in [1.29, 1.82) is 5.41 Å². The first kappa shape index (κ1) is 14.9. The molecule has 1 heterocycles. The summed E-state index contributed by atoms with van der Waals surface area (Å²) < 4.78 is 12.0. The van der Waals surface area contributed by atoms with Gasteiger partial charge in [-0.25, -0.2) is 0 Å². The van der Waals surface area contributed by atoms with Gasteiger partial charge in [-0.2, -0.15) is 0 Å². The molecule has 5 nitrogen and oxygen atoms in total. The molecule has 1 aliphatic heterocycles. The first-order valence-electron chi connectivity index (χ1n) is 6.70. The van der Waals surface area contributed by atoms with E-state index >= 15 is 0 Å². The minimum atomic E-state index is -0.441. The number of nitrogens with one attached hydrogen (secondary N) is 2. The molecule has 6 heteroatoms. The Labute approximate surface area is 120 Å². The Bertz CT molecular complexity index is 527. The van der Waals surface area contributed by atoms with Gasteiger partial charge in [-0.15, -0.1) is 0 Å². The van der Waals surface area contributed by atoms with Gasteiger partial charge in [0.2, 0.25) is 0 Å². The number of amidine groups is 1. The molecule has 0 unspecified atom stereocenters. The van der Waals surface area contributed by atoms with E-state index in [1.807, 2.05) is 45.9 Å². The predicted molar refractivity (Wildman–Crippen MR) is 82.7 cm³/mol. The summed E-state index contributed by atoms with van der Waals surface area (Å²) in [6.45, 7) is 8.06. The number of hydrogen-bond donors (Lipinski definition) is 3. The lowest BCUT2D eigenvalue weighted by molar-refractivity contribution is 0.00578. The van der Waals surface area contributed by atoms with E-state index in [0.29, 0.717) is 5.56 Å². The number of hydrogen-bond acceptors (Lipinski definition) is 4. The lowest BCUT2D eigenvalue weighted by Crippen LogP contribution is -2.41. The maximum absolute atomic E-state index is 7.66. The summed E-state index contributed by atoms with van der Waals surface area (Å²) in [6.07, 6.45) is 0. The fraction of sp³-hybridized carbons (Fsp3) is 0.500. The Morgan fingerprint density at radius 1 is 1.20 bits per heavy atom. The maximum Gasteiger partial charge on any atom is 0.494 e. The van der Waals surface area contributed by atoms with Crippen LogP contribution in [0.15, 0.2) is 18.2 Å². The smallest absolute Gasteiger partial charge is 0.399 e. The molecule has 4 N–H and O–H groups in total. The van der Waals surface area contributed by atoms with Crippen LogP contribution in [0.25, 0.3) is 0 Å². The van der Waals surface area contributed by atoms with Gasteiger partial charge in [0.05, 0.1) is 11.2 Å². The van der Waals surface area contributed by atoms with Crippen LogP contribution in [0, 0.1) is 5.41 Å². The van der Waals surface area contributed by atoms with Crippen molar-refractivity contribution in [2.45, 2.75) is 38.9 Å². The zero-order valence-corrected chi connectivity index (χ0v) is 12.7. The van der Waals surface area contributed by atoms with Crippen molar-refractivity contribution in [2.24, 2.45) is 5.73 Å². The normalized spacial score (nSPS) is 19.9. The monoisotopic (exact) mass is 275 g/mol. The van der Waals surface area contributed by atoms with E-state index in [4.69, 9.17) is 20.5 Å². The first-order valence-corrected chi connectivity index (χ1v) is 6.70. The topological polar surface area (TPSA) is 80.4 Å². The molecule has 0 aliphatic carbocycles. The van der Waals surface area contributed by atoms with Crippen molar-refractivity contribution in [3.8, 4) is 0 Å². The van der Waals surface area contributed by atoms with Crippen LogP contribution in [-0.2, 0) is 9.31 Å². The van der Waals surface area contributed by atoms with Crippen LogP contribution in [0.1, 0.15) is 33.3 Å². The van der Waals surface area contributed by atoms with Crippen molar-refractivity contribution in [2.75, 3.05) is 12.4 Å². The fourth-order valence-corrected chi connectivity index (χ4v) is 2.13.